The highest BCUT2D eigenvalue weighted by Crippen LogP contribution is 2.23. The average Bonchev–Trinajstić information content (AvgIpc) is 2.58. The maximum Gasteiger partial charge on any atom is 0.328 e. The van der Waals surface area contributed by atoms with Crippen molar-refractivity contribution in [3.8, 4) is 0 Å². The molecule has 0 aliphatic carbocycles. The van der Waals surface area contributed by atoms with Gasteiger partial charge in [-0.2, -0.15) is 11.8 Å². The number of esters is 1. The normalized spacial score (nSPS) is 22.3. The number of likely N-dealkylation sites (tertiary alicyclic amines) is 1. The molecule has 0 aromatic carbocycles. The molecule has 1 saturated heterocycles. The van der Waals surface area contributed by atoms with Crippen molar-refractivity contribution in [3.63, 3.8) is 0 Å². The van der Waals surface area contributed by atoms with Crippen LogP contribution in [0.3, 0.4) is 0 Å². The molecule has 1 rings (SSSR count). The van der Waals surface area contributed by atoms with Gasteiger partial charge >= 0.3 is 5.97 Å². The average molecular weight is 310 g/mol. The Hall–Kier alpha value is -0.230. The molecule has 4 nitrogen and oxygen atoms in total. The standard InChI is InChI=1S/C10H16BrNO3S/c1-15-10(14)8(3-4-16-2)12-6-7(11)5-9(12)13/h7-8H,3-6H2,1-2H3. The number of thioether (sulfide) groups is 1. The molecule has 0 bridgehead atoms. The minimum atomic E-state index is -0.424. The highest BCUT2D eigenvalue weighted by atomic mass is 79.9. The Kier molecular flexibility index (Phi) is 5.61. The molecule has 2 atom stereocenters. The Morgan fingerprint density at radius 1 is 1.75 bits per heavy atom. The number of methoxy groups -OCH3 is 1. The van der Waals surface area contributed by atoms with Crippen molar-refractivity contribution >= 4 is 39.6 Å². The van der Waals surface area contributed by atoms with Crippen molar-refractivity contribution in [3.05, 3.63) is 0 Å². The van der Waals surface area contributed by atoms with Crippen LogP contribution in [0.25, 0.3) is 0 Å². The second-order valence-corrected chi connectivity index (χ2v) is 5.95. The highest BCUT2D eigenvalue weighted by Gasteiger charge is 2.36. The first-order valence-electron chi connectivity index (χ1n) is 5.10. The third-order valence-corrected chi connectivity index (χ3v) is 3.81. The predicted molar refractivity (Wildman–Crippen MR) is 67.8 cm³/mol. The topological polar surface area (TPSA) is 46.6 Å². The van der Waals surface area contributed by atoms with Crippen LogP contribution in [0.15, 0.2) is 0 Å². The molecule has 1 heterocycles. The predicted octanol–water partition coefficient (Wildman–Crippen LogP) is 1.28. The SMILES string of the molecule is COC(=O)C(CCSC)N1CC(Br)CC1=O. The van der Waals surface area contributed by atoms with Gasteiger partial charge in [-0.3, -0.25) is 4.79 Å². The van der Waals surface area contributed by atoms with Gasteiger partial charge in [0.05, 0.1) is 7.11 Å². The minimum absolute atomic E-state index is 0.0263. The van der Waals surface area contributed by atoms with Crippen LogP contribution in [-0.2, 0) is 14.3 Å². The van der Waals surface area contributed by atoms with Crippen LogP contribution in [0.2, 0.25) is 0 Å². The number of hydrogen-bond donors (Lipinski definition) is 0. The molecule has 1 aliphatic heterocycles. The first-order chi connectivity index (χ1) is 7.60. The van der Waals surface area contributed by atoms with Crippen LogP contribution >= 0.6 is 27.7 Å². The van der Waals surface area contributed by atoms with Gasteiger partial charge in [0.15, 0.2) is 0 Å². The van der Waals surface area contributed by atoms with E-state index in [-0.39, 0.29) is 16.7 Å². The summed E-state index contributed by atoms with van der Waals surface area (Å²) < 4.78 is 4.75. The van der Waals surface area contributed by atoms with Crippen molar-refractivity contribution in [2.75, 3.05) is 25.7 Å². The van der Waals surface area contributed by atoms with Crippen LogP contribution in [-0.4, -0.2) is 53.3 Å². The smallest absolute Gasteiger partial charge is 0.328 e. The number of rotatable bonds is 5. The van der Waals surface area contributed by atoms with Crippen molar-refractivity contribution < 1.29 is 14.3 Å². The summed E-state index contributed by atoms with van der Waals surface area (Å²) in [5.74, 6) is 0.554. The van der Waals surface area contributed by atoms with Gasteiger partial charge in [0.25, 0.3) is 0 Å². The Labute approximate surface area is 108 Å². The van der Waals surface area contributed by atoms with Gasteiger partial charge in [0.2, 0.25) is 5.91 Å². The van der Waals surface area contributed by atoms with Gasteiger partial charge in [-0.1, -0.05) is 15.9 Å². The van der Waals surface area contributed by atoms with Gasteiger partial charge in [-0.05, 0) is 18.4 Å². The number of halogens is 1. The van der Waals surface area contributed by atoms with Crippen molar-refractivity contribution in [2.45, 2.75) is 23.7 Å². The molecule has 2 unspecified atom stereocenters. The highest BCUT2D eigenvalue weighted by molar-refractivity contribution is 9.09. The molecule has 0 aromatic rings. The molecular formula is C10H16BrNO3S. The number of hydrogen-bond acceptors (Lipinski definition) is 4. The summed E-state index contributed by atoms with van der Waals surface area (Å²) in [6, 6.07) is -0.424. The van der Waals surface area contributed by atoms with Crippen molar-refractivity contribution in [2.24, 2.45) is 0 Å². The molecule has 0 radical (unpaired) electrons. The second kappa shape index (κ2) is 6.49. The lowest BCUT2D eigenvalue weighted by atomic mass is 10.2. The quantitative estimate of drug-likeness (QED) is 0.567. The van der Waals surface area contributed by atoms with Crippen LogP contribution in [0.4, 0.5) is 0 Å². The molecule has 1 amide bonds. The van der Waals surface area contributed by atoms with E-state index in [9.17, 15) is 9.59 Å². The van der Waals surface area contributed by atoms with E-state index in [0.29, 0.717) is 19.4 Å². The van der Waals surface area contributed by atoms with E-state index in [0.717, 1.165) is 5.75 Å². The fourth-order valence-electron chi connectivity index (χ4n) is 1.75. The maximum absolute atomic E-state index is 11.7. The summed E-state index contributed by atoms with van der Waals surface area (Å²) in [7, 11) is 1.36. The van der Waals surface area contributed by atoms with E-state index < -0.39 is 6.04 Å². The third-order valence-electron chi connectivity index (χ3n) is 2.56. The van der Waals surface area contributed by atoms with Crippen LogP contribution < -0.4 is 0 Å². The molecule has 0 saturated carbocycles. The van der Waals surface area contributed by atoms with Gasteiger partial charge in [0, 0.05) is 17.8 Å². The van der Waals surface area contributed by atoms with Crippen molar-refractivity contribution in [1.29, 1.82) is 0 Å². The third kappa shape index (κ3) is 3.38. The second-order valence-electron chi connectivity index (χ2n) is 3.67. The fraction of sp³-hybridized carbons (Fsp3) is 0.800. The van der Waals surface area contributed by atoms with E-state index in [1.54, 1.807) is 16.7 Å². The Bertz CT molecular complexity index is 275. The first-order valence-corrected chi connectivity index (χ1v) is 7.41. The number of carbonyl (C=O) groups excluding carboxylic acids is 2. The van der Waals surface area contributed by atoms with Gasteiger partial charge in [0.1, 0.15) is 6.04 Å². The van der Waals surface area contributed by atoms with E-state index >= 15 is 0 Å². The zero-order valence-corrected chi connectivity index (χ0v) is 11.8. The van der Waals surface area contributed by atoms with Gasteiger partial charge in [-0.25, -0.2) is 4.79 Å². The summed E-state index contributed by atoms with van der Waals surface area (Å²) in [6.07, 6.45) is 3.10. The molecule has 92 valence electrons. The minimum Gasteiger partial charge on any atom is -0.467 e. The molecule has 1 aliphatic rings. The summed E-state index contributed by atoms with van der Waals surface area (Å²) in [4.78, 5) is 25.1. The molecule has 0 N–H and O–H groups in total. The number of carbonyl (C=O) groups is 2. The molecule has 16 heavy (non-hydrogen) atoms. The van der Waals surface area contributed by atoms with E-state index in [1.807, 2.05) is 6.26 Å². The van der Waals surface area contributed by atoms with E-state index in [4.69, 9.17) is 4.74 Å². The molecule has 1 fully saturated rings. The van der Waals surface area contributed by atoms with E-state index in [2.05, 4.69) is 15.9 Å². The monoisotopic (exact) mass is 309 g/mol. The maximum atomic E-state index is 11.7. The lowest BCUT2D eigenvalue weighted by Crippen LogP contribution is -2.43. The Morgan fingerprint density at radius 3 is 2.88 bits per heavy atom. The van der Waals surface area contributed by atoms with Gasteiger partial charge in [-0.15, -0.1) is 0 Å². The lowest BCUT2D eigenvalue weighted by Gasteiger charge is -2.25. The zero-order chi connectivity index (χ0) is 12.1. The van der Waals surface area contributed by atoms with Gasteiger partial charge < -0.3 is 9.64 Å². The Morgan fingerprint density at radius 2 is 2.44 bits per heavy atom. The first kappa shape index (κ1) is 13.8. The zero-order valence-electron chi connectivity index (χ0n) is 9.44. The molecular weight excluding hydrogens is 294 g/mol. The van der Waals surface area contributed by atoms with Crippen LogP contribution in [0.5, 0.6) is 0 Å². The van der Waals surface area contributed by atoms with Crippen LogP contribution in [0.1, 0.15) is 12.8 Å². The van der Waals surface area contributed by atoms with Crippen molar-refractivity contribution in [1.82, 2.24) is 4.90 Å². The largest absolute Gasteiger partial charge is 0.467 e. The summed E-state index contributed by atoms with van der Waals surface area (Å²) in [5.41, 5.74) is 0. The Balaban J connectivity index is 2.68. The molecule has 0 aromatic heterocycles. The summed E-state index contributed by atoms with van der Waals surface area (Å²) in [5, 5.41) is 0. The summed E-state index contributed by atoms with van der Waals surface area (Å²) in [6.45, 7) is 0.590. The lowest BCUT2D eigenvalue weighted by molar-refractivity contribution is -0.151. The molecule has 6 heteroatoms. The fourth-order valence-corrected chi connectivity index (χ4v) is 2.80. The van der Waals surface area contributed by atoms with Crippen LogP contribution in [0, 0.1) is 0 Å². The summed E-state index contributed by atoms with van der Waals surface area (Å²) >= 11 is 5.07. The molecule has 0 spiro atoms. The number of amides is 1. The number of ether oxygens (including phenoxy) is 1. The van der Waals surface area contributed by atoms with E-state index in [1.165, 1.54) is 7.11 Å². The number of nitrogens with zero attached hydrogens (tertiary/aromatic N) is 1. The number of alkyl halides is 1.